The van der Waals surface area contributed by atoms with Crippen molar-refractivity contribution in [3.8, 4) is 0 Å². The molecule has 2 amide bonds. The molecule has 1 aliphatic rings. The van der Waals surface area contributed by atoms with E-state index >= 15 is 0 Å². The Balaban J connectivity index is 2.00. The largest absolute Gasteiger partial charge is 0.478 e. The first kappa shape index (κ1) is 13.8. The van der Waals surface area contributed by atoms with Crippen molar-refractivity contribution in [2.24, 2.45) is 0 Å². The fraction of sp³-hybridized carbons (Fsp3) is 0.333. The molecule has 1 aromatic carbocycles. The van der Waals surface area contributed by atoms with Crippen LogP contribution in [0.25, 0.3) is 0 Å². The minimum atomic E-state index is -1.06. The number of amides is 2. The summed E-state index contributed by atoms with van der Waals surface area (Å²) < 4.78 is 5.62. The van der Waals surface area contributed by atoms with Gasteiger partial charge in [-0.1, -0.05) is 0 Å². The van der Waals surface area contributed by atoms with Gasteiger partial charge < -0.3 is 20.5 Å². The number of hydrogen-bond donors (Lipinski definition) is 3. The minimum Gasteiger partial charge on any atom is -0.478 e. The summed E-state index contributed by atoms with van der Waals surface area (Å²) >= 11 is 3.14. The smallest absolute Gasteiger partial charge is 0.336 e. The lowest BCUT2D eigenvalue weighted by atomic mass is 10.2. The van der Waals surface area contributed by atoms with Crippen molar-refractivity contribution in [1.29, 1.82) is 0 Å². The maximum Gasteiger partial charge on any atom is 0.336 e. The molecule has 0 radical (unpaired) electrons. The lowest BCUT2D eigenvalue weighted by Gasteiger charge is -2.12. The SMILES string of the molecule is O=C(Nc1ccc(Br)c(C(=O)O)c1)NC1CCOC1. The van der Waals surface area contributed by atoms with Crippen molar-refractivity contribution in [1.82, 2.24) is 5.32 Å². The van der Waals surface area contributed by atoms with E-state index in [1.807, 2.05) is 0 Å². The standard InChI is InChI=1S/C12H13BrN2O4/c13-10-2-1-7(5-9(10)11(16)17)14-12(18)15-8-3-4-19-6-8/h1-2,5,8H,3-4,6H2,(H,16,17)(H2,14,15,18). The van der Waals surface area contributed by atoms with Gasteiger partial charge in [0.15, 0.2) is 0 Å². The first-order valence-corrected chi connectivity index (χ1v) is 6.53. The number of carbonyl (C=O) groups is 2. The molecule has 6 nitrogen and oxygen atoms in total. The highest BCUT2D eigenvalue weighted by Crippen LogP contribution is 2.21. The fourth-order valence-electron chi connectivity index (χ4n) is 1.77. The number of aromatic carboxylic acids is 1. The maximum atomic E-state index is 11.7. The van der Waals surface area contributed by atoms with Crippen LogP contribution in [-0.2, 0) is 4.74 Å². The van der Waals surface area contributed by atoms with E-state index < -0.39 is 5.97 Å². The zero-order valence-corrected chi connectivity index (χ0v) is 11.6. The number of rotatable bonds is 3. The van der Waals surface area contributed by atoms with Crippen molar-refractivity contribution in [2.45, 2.75) is 12.5 Å². The number of anilines is 1. The van der Waals surface area contributed by atoms with Gasteiger partial charge in [-0.15, -0.1) is 0 Å². The third-order valence-electron chi connectivity index (χ3n) is 2.72. The van der Waals surface area contributed by atoms with E-state index in [0.717, 1.165) is 6.42 Å². The summed E-state index contributed by atoms with van der Waals surface area (Å²) in [6, 6.07) is 4.25. The topological polar surface area (TPSA) is 87.7 Å². The lowest BCUT2D eigenvalue weighted by molar-refractivity contribution is 0.0696. The molecule has 0 aromatic heterocycles. The molecule has 1 saturated heterocycles. The van der Waals surface area contributed by atoms with Crippen LogP contribution in [0, 0.1) is 0 Å². The average Bonchev–Trinajstić information content (AvgIpc) is 2.84. The molecule has 102 valence electrons. The van der Waals surface area contributed by atoms with Gasteiger partial charge in [0.25, 0.3) is 0 Å². The van der Waals surface area contributed by atoms with Gasteiger partial charge in [0.1, 0.15) is 0 Å². The third kappa shape index (κ3) is 3.68. The molecule has 2 rings (SSSR count). The third-order valence-corrected chi connectivity index (χ3v) is 3.41. The second-order valence-electron chi connectivity index (χ2n) is 4.16. The normalized spacial score (nSPS) is 18.1. The van der Waals surface area contributed by atoms with Crippen molar-refractivity contribution in [3.05, 3.63) is 28.2 Å². The van der Waals surface area contributed by atoms with Crippen molar-refractivity contribution < 1.29 is 19.4 Å². The Labute approximate surface area is 118 Å². The zero-order valence-electron chi connectivity index (χ0n) is 9.98. The summed E-state index contributed by atoms with van der Waals surface area (Å²) in [5.74, 6) is -1.06. The number of nitrogens with one attached hydrogen (secondary N) is 2. The van der Waals surface area contributed by atoms with Crippen LogP contribution in [0.4, 0.5) is 10.5 Å². The predicted octanol–water partition coefficient (Wildman–Crippen LogP) is 2.06. The van der Waals surface area contributed by atoms with E-state index in [0.29, 0.717) is 23.4 Å². The van der Waals surface area contributed by atoms with Crippen LogP contribution in [0.2, 0.25) is 0 Å². The van der Waals surface area contributed by atoms with Gasteiger partial charge in [-0.2, -0.15) is 0 Å². The van der Waals surface area contributed by atoms with Gasteiger partial charge in [0.05, 0.1) is 18.2 Å². The lowest BCUT2D eigenvalue weighted by Crippen LogP contribution is -2.38. The highest BCUT2D eigenvalue weighted by atomic mass is 79.9. The summed E-state index contributed by atoms with van der Waals surface area (Å²) in [5.41, 5.74) is 0.527. The minimum absolute atomic E-state index is 0.00870. The van der Waals surface area contributed by atoms with Gasteiger partial charge in [0, 0.05) is 16.8 Å². The maximum absolute atomic E-state index is 11.7. The molecule has 0 spiro atoms. The first-order chi connectivity index (χ1) is 9.06. The summed E-state index contributed by atoms with van der Waals surface area (Å²) in [6.07, 6.45) is 0.786. The van der Waals surface area contributed by atoms with Gasteiger partial charge in [-0.25, -0.2) is 9.59 Å². The number of halogens is 1. The second kappa shape index (κ2) is 6.03. The van der Waals surface area contributed by atoms with E-state index in [1.165, 1.54) is 6.07 Å². The van der Waals surface area contributed by atoms with Crippen molar-refractivity contribution >= 4 is 33.6 Å². The molecule has 3 N–H and O–H groups in total. The van der Waals surface area contributed by atoms with Gasteiger partial charge in [-0.3, -0.25) is 0 Å². The zero-order chi connectivity index (χ0) is 13.8. The molecule has 1 aromatic rings. The Morgan fingerprint density at radius 2 is 2.21 bits per heavy atom. The molecule has 1 aliphatic heterocycles. The first-order valence-electron chi connectivity index (χ1n) is 5.74. The van der Waals surface area contributed by atoms with Crippen LogP contribution >= 0.6 is 15.9 Å². The monoisotopic (exact) mass is 328 g/mol. The van der Waals surface area contributed by atoms with Crippen LogP contribution in [-0.4, -0.2) is 36.4 Å². The fourth-order valence-corrected chi connectivity index (χ4v) is 2.18. The van der Waals surface area contributed by atoms with Gasteiger partial charge in [-0.05, 0) is 40.5 Å². The molecule has 1 heterocycles. The second-order valence-corrected chi connectivity index (χ2v) is 5.01. The van der Waals surface area contributed by atoms with E-state index in [9.17, 15) is 9.59 Å². The number of carboxylic acids is 1. The Kier molecular flexibility index (Phi) is 4.39. The quantitative estimate of drug-likeness (QED) is 0.792. The van der Waals surface area contributed by atoms with Crippen molar-refractivity contribution in [2.75, 3.05) is 18.5 Å². The summed E-state index contributed by atoms with van der Waals surface area (Å²) in [5, 5.41) is 14.3. The predicted molar refractivity (Wildman–Crippen MR) is 72.5 cm³/mol. The van der Waals surface area contributed by atoms with Gasteiger partial charge >= 0.3 is 12.0 Å². The molecule has 19 heavy (non-hydrogen) atoms. The molecule has 0 saturated carbocycles. The van der Waals surface area contributed by atoms with Gasteiger partial charge in [0.2, 0.25) is 0 Å². The summed E-state index contributed by atoms with van der Waals surface area (Å²) in [7, 11) is 0. The van der Waals surface area contributed by atoms with Crippen LogP contribution < -0.4 is 10.6 Å². The molecule has 1 atom stereocenters. The Hall–Kier alpha value is -1.60. The Bertz CT molecular complexity index is 501. The van der Waals surface area contributed by atoms with E-state index in [1.54, 1.807) is 12.1 Å². The Morgan fingerprint density at radius 1 is 1.42 bits per heavy atom. The number of urea groups is 1. The van der Waals surface area contributed by atoms with E-state index in [4.69, 9.17) is 9.84 Å². The summed E-state index contributed by atoms with van der Waals surface area (Å²) in [4.78, 5) is 22.7. The number of ether oxygens (including phenoxy) is 1. The van der Waals surface area contributed by atoms with Crippen LogP contribution in [0.3, 0.4) is 0 Å². The van der Waals surface area contributed by atoms with Crippen LogP contribution in [0.15, 0.2) is 22.7 Å². The number of carbonyl (C=O) groups excluding carboxylic acids is 1. The molecular weight excluding hydrogens is 316 g/mol. The molecular formula is C12H13BrN2O4. The number of carboxylic acid groups (broad SMARTS) is 1. The van der Waals surface area contributed by atoms with E-state index in [-0.39, 0.29) is 17.6 Å². The van der Waals surface area contributed by atoms with Crippen molar-refractivity contribution in [3.63, 3.8) is 0 Å². The summed E-state index contributed by atoms with van der Waals surface area (Å²) in [6.45, 7) is 1.15. The van der Waals surface area contributed by atoms with E-state index in [2.05, 4.69) is 26.6 Å². The van der Waals surface area contributed by atoms with Crippen LogP contribution in [0.5, 0.6) is 0 Å². The highest BCUT2D eigenvalue weighted by molar-refractivity contribution is 9.10. The number of hydrogen-bond acceptors (Lipinski definition) is 3. The molecule has 0 bridgehead atoms. The molecule has 1 unspecified atom stereocenters. The number of benzene rings is 1. The highest BCUT2D eigenvalue weighted by Gasteiger charge is 2.18. The van der Waals surface area contributed by atoms with Crippen LogP contribution in [0.1, 0.15) is 16.8 Å². The Morgan fingerprint density at radius 3 is 2.84 bits per heavy atom. The molecule has 0 aliphatic carbocycles. The molecule has 7 heteroatoms. The average molecular weight is 329 g/mol. The molecule has 1 fully saturated rings.